The fourth-order valence-corrected chi connectivity index (χ4v) is 4.61. The average Bonchev–Trinajstić information content (AvgIpc) is 2.97. The Labute approximate surface area is 207 Å². The highest BCUT2D eigenvalue weighted by Crippen LogP contribution is 2.44. The second-order valence-electron chi connectivity index (χ2n) is 10.1. The van der Waals surface area contributed by atoms with Gasteiger partial charge in [0.2, 0.25) is 5.91 Å². The zero-order valence-corrected chi connectivity index (χ0v) is 20.9. The summed E-state index contributed by atoms with van der Waals surface area (Å²) in [6.45, 7) is 6.49. The van der Waals surface area contributed by atoms with Crippen LogP contribution in [0.4, 0.5) is 24.7 Å². The Kier molecular flexibility index (Phi) is 6.04. The van der Waals surface area contributed by atoms with Crippen LogP contribution in [-0.4, -0.2) is 45.3 Å². The quantitative estimate of drug-likeness (QED) is 0.464. The third-order valence-electron chi connectivity index (χ3n) is 6.97. The smallest absolute Gasteiger partial charge is 0.306 e. The van der Waals surface area contributed by atoms with E-state index in [1.165, 1.54) is 12.1 Å². The molecule has 192 valence electrons. The number of carbonyl (C=O) groups excluding carboxylic acids is 1. The van der Waals surface area contributed by atoms with E-state index < -0.39 is 41.0 Å². The van der Waals surface area contributed by atoms with E-state index in [9.17, 15) is 23.8 Å². The number of carbonyl (C=O) groups is 1. The molecule has 2 heterocycles. The molecule has 1 amide bonds. The predicted octanol–water partition coefficient (Wildman–Crippen LogP) is 4.34. The van der Waals surface area contributed by atoms with E-state index >= 15 is 4.39 Å². The van der Waals surface area contributed by atoms with Crippen molar-refractivity contribution < 1.29 is 28.2 Å². The Morgan fingerprint density at radius 3 is 2.53 bits per heavy atom. The number of hydrogen-bond acceptors (Lipinski definition) is 6. The number of rotatable bonds is 6. The minimum atomic E-state index is -4.04. The molecule has 0 aliphatic carbocycles. The van der Waals surface area contributed by atoms with Crippen LogP contribution in [0.15, 0.2) is 30.3 Å². The second-order valence-corrected chi connectivity index (χ2v) is 10.1. The third kappa shape index (κ3) is 3.79. The summed E-state index contributed by atoms with van der Waals surface area (Å²) in [5.41, 5.74) is -2.52. The van der Waals surface area contributed by atoms with Gasteiger partial charge in [0.05, 0.1) is 29.1 Å². The van der Waals surface area contributed by atoms with Gasteiger partial charge >= 0.3 is 5.92 Å². The van der Waals surface area contributed by atoms with Crippen LogP contribution in [-0.2, 0) is 16.1 Å². The zero-order chi connectivity index (χ0) is 26.8. The van der Waals surface area contributed by atoms with Crippen molar-refractivity contribution in [3.63, 3.8) is 0 Å². The first-order valence-electron chi connectivity index (χ1n) is 11.5. The summed E-state index contributed by atoms with van der Waals surface area (Å²) >= 11 is 0. The molecule has 0 bridgehead atoms. The minimum absolute atomic E-state index is 0.0565. The maximum atomic E-state index is 15.4. The van der Waals surface area contributed by atoms with E-state index in [4.69, 9.17) is 0 Å². The first-order chi connectivity index (χ1) is 16.6. The molecule has 2 atom stereocenters. The molecule has 36 heavy (non-hydrogen) atoms. The molecule has 1 aliphatic heterocycles. The van der Waals surface area contributed by atoms with Gasteiger partial charge in [0.15, 0.2) is 5.60 Å². The maximum absolute atomic E-state index is 15.4. The number of benzene rings is 2. The summed E-state index contributed by atoms with van der Waals surface area (Å²) in [4.78, 5) is 23.3. The molecule has 1 aromatic heterocycles. The van der Waals surface area contributed by atoms with Crippen molar-refractivity contribution in [1.82, 2.24) is 9.97 Å². The van der Waals surface area contributed by atoms with Gasteiger partial charge in [0.1, 0.15) is 17.5 Å². The van der Waals surface area contributed by atoms with Crippen LogP contribution in [0.1, 0.15) is 56.3 Å². The fraction of sp³-hybridized carbons (Fsp3) is 0.423. The number of aliphatic hydroxyl groups is 2. The molecule has 0 saturated heterocycles. The summed E-state index contributed by atoms with van der Waals surface area (Å²) in [6.07, 6.45) is 0. The van der Waals surface area contributed by atoms with Crippen molar-refractivity contribution in [1.29, 1.82) is 0 Å². The molecule has 10 heteroatoms. The van der Waals surface area contributed by atoms with Gasteiger partial charge in [-0.3, -0.25) is 4.79 Å². The number of likely N-dealkylation sites (N-methyl/N-ethyl adjacent to an activating group) is 1. The summed E-state index contributed by atoms with van der Waals surface area (Å²) in [6, 6.07) is 6.36. The number of aliphatic hydroxyl groups excluding tert-OH is 1. The van der Waals surface area contributed by atoms with Crippen LogP contribution in [0.2, 0.25) is 0 Å². The molecule has 0 saturated carbocycles. The molecule has 0 fully saturated rings. The Balaban J connectivity index is 1.78. The van der Waals surface area contributed by atoms with Crippen molar-refractivity contribution in [3.8, 4) is 0 Å². The third-order valence-corrected chi connectivity index (χ3v) is 6.97. The van der Waals surface area contributed by atoms with Gasteiger partial charge in [-0.25, -0.2) is 14.4 Å². The van der Waals surface area contributed by atoms with E-state index in [1.807, 2.05) is 19.9 Å². The number of nitrogens with zero attached hydrogens (tertiary/aromatic N) is 3. The number of aromatic nitrogens is 2. The summed E-state index contributed by atoms with van der Waals surface area (Å²) in [5.74, 6) is -4.49. The number of halogens is 3. The van der Waals surface area contributed by atoms with E-state index in [1.54, 1.807) is 31.9 Å². The lowest BCUT2D eigenvalue weighted by atomic mass is 9.85. The van der Waals surface area contributed by atoms with Crippen LogP contribution in [0.25, 0.3) is 10.9 Å². The first kappa shape index (κ1) is 25.8. The molecular formula is C26H29F3N4O3. The highest BCUT2D eigenvalue weighted by Gasteiger charge is 2.52. The molecule has 1 aliphatic rings. The number of aryl methyl sites for hydroxylation is 1. The number of nitrogens with one attached hydrogen (secondary N) is 1. The Hall–Kier alpha value is -3.24. The SMILES string of the molecule is Cc1nc(N[C@H](C)c2cccc(C(F)(F)[C@@](C)(O)CO)c2F)c2cc3c(cc2n1)C(C)(C)C(=O)N3C. The number of alkyl halides is 2. The number of anilines is 2. The standard InChI is InChI=1S/C26H29F3N4O3/c1-13(15-8-7-9-17(21(15)27)26(28,29)25(5,36)12-34)30-22-16-10-20-18(11-19(16)31-14(2)32-22)24(3,4)23(35)33(20)6/h7-11,13,34,36H,12H2,1-6H3,(H,30,31,32)/t13-,25+/m1/s1. The molecular weight excluding hydrogens is 473 g/mol. The van der Waals surface area contributed by atoms with E-state index in [0.29, 0.717) is 28.2 Å². The van der Waals surface area contributed by atoms with E-state index in [-0.39, 0.29) is 11.5 Å². The summed E-state index contributed by atoms with van der Waals surface area (Å²) < 4.78 is 45.1. The summed E-state index contributed by atoms with van der Waals surface area (Å²) in [7, 11) is 1.69. The highest BCUT2D eigenvalue weighted by molar-refractivity contribution is 6.10. The van der Waals surface area contributed by atoms with Crippen molar-refractivity contribution in [2.24, 2.45) is 0 Å². The zero-order valence-electron chi connectivity index (χ0n) is 20.9. The monoisotopic (exact) mass is 502 g/mol. The lowest BCUT2D eigenvalue weighted by molar-refractivity contribution is -0.197. The number of hydrogen-bond donors (Lipinski definition) is 3. The van der Waals surface area contributed by atoms with Crippen LogP contribution in [0, 0.1) is 12.7 Å². The molecule has 0 spiro atoms. The maximum Gasteiger partial charge on any atom is 0.306 e. The topological polar surface area (TPSA) is 98.6 Å². The average molecular weight is 503 g/mol. The van der Waals surface area contributed by atoms with Crippen LogP contribution in [0.5, 0.6) is 0 Å². The van der Waals surface area contributed by atoms with Crippen molar-refractivity contribution in [2.75, 3.05) is 23.9 Å². The molecule has 7 nitrogen and oxygen atoms in total. The van der Waals surface area contributed by atoms with E-state index in [2.05, 4.69) is 15.3 Å². The number of fused-ring (bicyclic) bond motifs is 2. The molecule has 0 unspecified atom stereocenters. The Bertz CT molecular complexity index is 1370. The molecule has 3 aromatic rings. The molecule has 3 N–H and O–H groups in total. The van der Waals surface area contributed by atoms with Gasteiger partial charge in [0, 0.05) is 23.7 Å². The largest absolute Gasteiger partial charge is 0.393 e. The lowest BCUT2D eigenvalue weighted by Gasteiger charge is -2.32. The number of amides is 1. The second kappa shape index (κ2) is 8.41. The molecule has 0 radical (unpaired) electrons. The summed E-state index contributed by atoms with van der Waals surface area (Å²) in [5, 5.41) is 22.9. The van der Waals surface area contributed by atoms with Gasteiger partial charge in [-0.1, -0.05) is 12.1 Å². The van der Waals surface area contributed by atoms with Gasteiger partial charge in [-0.15, -0.1) is 0 Å². The van der Waals surface area contributed by atoms with Gasteiger partial charge < -0.3 is 20.4 Å². The molecule has 4 rings (SSSR count). The normalized spacial score (nSPS) is 17.8. The van der Waals surface area contributed by atoms with Gasteiger partial charge in [0.25, 0.3) is 0 Å². The first-order valence-corrected chi connectivity index (χ1v) is 11.5. The Morgan fingerprint density at radius 2 is 1.89 bits per heavy atom. The van der Waals surface area contributed by atoms with Crippen molar-refractivity contribution >= 4 is 28.3 Å². The van der Waals surface area contributed by atoms with Crippen molar-refractivity contribution in [3.05, 3.63) is 58.7 Å². The van der Waals surface area contributed by atoms with Crippen molar-refractivity contribution in [2.45, 2.75) is 57.6 Å². The van der Waals surface area contributed by atoms with E-state index in [0.717, 1.165) is 18.6 Å². The molecule has 2 aromatic carbocycles. The Morgan fingerprint density at radius 1 is 1.22 bits per heavy atom. The van der Waals surface area contributed by atoms with Crippen LogP contribution in [0.3, 0.4) is 0 Å². The van der Waals surface area contributed by atoms with Gasteiger partial charge in [-0.05, 0) is 58.4 Å². The van der Waals surface area contributed by atoms with Crippen LogP contribution >= 0.6 is 0 Å². The minimum Gasteiger partial charge on any atom is -0.393 e. The predicted molar refractivity (Wildman–Crippen MR) is 131 cm³/mol. The fourth-order valence-electron chi connectivity index (χ4n) is 4.61. The lowest BCUT2D eigenvalue weighted by Crippen LogP contribution is -2.47. The highest BCUT2D eigenvalue weighted by atomic mass is 19.3. The van der Waals surface area contributed by atoms with Crippen LogP contribution < -0.4 is 10.2 Å². The van der Waals surface area contributed by atoms with Gasteiger partial charge in [-0.2, -0.15) is 8.78 Å².